The molecule has 0 saturated carbocycles. The van der Waals surface area contributed by atoms with Crippen molar-refractivity contribution < 1.29 is 24.1 Å². The molecule has 0 aliphatic heterocycles. The first-order valence-corrected chi connectivity index (χ1v) is 4.50. The quantitative estimate of drug-likeness (QED) is 0.705. The minimum atomic E-state index is -1.16. The summed E-state index contributed by atoms with van der Waals surface area (Å²) in [6.45, 7) is -0.170. The second-order valence-corrected chi connectivity index (χ2v) is 3.17. The predicted octanol–water partition coefficient (Wildman–Crippen LogP) is 0.667. The molecule has 0 saturated heterocycles. The number of carboxylic acid groups (broad SMARTS) is 1. The standard InChI is InChI=1S/C10H12FNO4/c1-16-9-3-7(11)8(13)2-5(9)6(4-12)10(14)15/h2-3,6,13H,4,12H2,1H3,(H,14,15). The molecule has 88 valence electrons. The Labute approximate surface area is 91.3 Å². The normalized spacial score (nSPS) is 12.2. The third-order valence-electron chi connectivity index (χ3n) is 2.21. The second kappa shape index (κ2) is 4.80. The summed E-state index contributed by atoms with van der Waals surface area (Å²) in [5.41, 5.74) is 5.46. The van der Waals surface area contributed by atoms with Gasteiger partial charge < -0.3 is 20.7 Å². The van der Waals surface area contributed by atoms with Gasteiger partial charge in [-0.05, 0) is 6.07 Å². The number of phenolic OH excluding ortho intramolecular Hbond substituents is 1. The Morgan fingerprint density at radius 1 is 1.62 bits per heavy atom. The van der Waals surface area contributed by atoms with Crippen molar-refractivity contribution in [3.8, 4) is 11.5 Å². The predicted molar refractivity (Wildman–Crippen MR) is 54.0 cm³/mol. The van der Waals surface area contributed by atoms with Gasteiger partial charge in [0.1, 0.15) is 5.75 Å². The average molecular weight is 229 g/mol. The van der Waals surface area contributed by atoms with Crippen LogP contribution in [-0.2, 0) is 4.79 Å². The van der Waals surface area contributed by atoms with Crippen LogP contribution in [0.3, 0.4) is 0 Å². The van der Waals surface area contributed by atoms with E-state index in [0.29, 0.717) is 0 Å². The van der Waals surface area contributed by atoms with E-state index in [-0.39, 0.29) is 17.9 Å². The molecule has 0 amide bonds. The molecule has 5 nitrogen and oxygen atoms in total. The van der Waals surface area contributed by atoms with Crippen molar-refractivity contribution >= 4 is 5.97 Å². The van der Waals surface area contributed by atoms with Crippen molar-refractivity contribution in [2.24, 2.45) is 5.73 Å². The van der Waals surface area contributed by atoms with E-state index >= 15 is 0 Å². The van der Waals surface area contributed by atoms with Crippen molar-refractivity contribution in [3.63, 3.8) is 0 Å². The summed E-state index contributed by atoms with van der Waals surface area (Å²) < 4.78 is 17.9. The largest absolute Gasteiger partial charge is 0.505 e. The summed E-state index contributed by atoms with van der Waals surface area (Å²) >= 11 is 0. The van der Waals surface area contributed by atoms with E-state index in [1.807, 2.05) is 0 Å². The summed E-state index contributed by atoms with van der Waals surface area (Å²) in [5, 5.41) is 18.1. The highest BCUT2D eigenvalue weighted by Gasteiger charge is 2.23. The van der Waals surface area contributed by atoms with Crippen LogP contribution in [0.15, 0.2) is 12.1 Å². The number of rotatable bonds is 4. The molecule has 0 heterocycles. The van der Waals surface area contributed by atoms with Gasteiger partial charge in [-0.2, -0.15) is 0 Å². The lowest BCUT2D eigenvalue weighted by molar-refractivity contribution is -0.138. The van der Waals surface area contributed by atoms with Crippen molar-refractivity contribution in [2.75, 3.05) is 13.7 Å². The molecule has 1 aromatic carbocycles. The van der Waals surface area contributed by atoms with Gasteiger partial charge in [-0.3, -0.25) is 4.79 Å². The molecule has 0 bridgehead atoms. The maximum Gasteiger partial charge on any atom is 0.312 e. The van der Waals surface area contributed by atoms with E-state index in [1.165, 1.54) is 7.11 Å². The fraction of sp³-hybridized carbons (Fsp3) is 0.300. The Morgan fingerprint density at radius 3 is 2.69 bits per heavy atom. The number of methoxy groups -OCH3 is 1. The number of phenols is 1. The average Bonchev–Trinajstić information content (AvgIpc) is 2.23. The van der Waals surface area contributed by atoms with Gasteiger partial charge in [-0.25, -0.2) is 4.39 Å². The summed E-state index contributed by atoms with van der Waals surface area (Å²) in [6, 6.07) is 1.94. The smallest absolute Gasteiger partial charge is 0.312 e. The summed E-state index contributed by atoms with van der Waals surface area (Å²) in [5.74, 6) is -3.65. The first-order chi connectivity index (χ1) is 7.51. The molecular weight excluding hydrogens is 217 g/mol. The molecule has 1 unspecified atom stereocenters. The summed E-state index contributed by atoms with van der Waals surface area (Å²) in [6.07, 6.45) is 0. The molecule has 4 N–H and O–H groups in total. The second-order valence-electron chi connectivity index (χ2n) is 3.17. The Balaban J connectivity index is 3.30. The molecule has 1 rings (SSSR count). The van der Waals surface area contributed by atoms with Crippen molar-refractivity contribution in [1.82, 2.24) is 0 Å². The first-order valence-electron chi connectivity index (χ1n) is 4.50. The van der Waals surface area contributed by atoms with E-state index in [2.05, 4.69) is 0 Å². The molecule has 0 aliphatic rings. The summed E-state index contributed by atoms with van der Waals surface area (Å²) in [4.78, 5) is 10.9. The number of nitrogens with two attached hydrogens (primary N) is 1. The number of benzene rings is 1. The minimum absolute atomic E-state index is 0.0492. The Bertz CT molecular complexity index is 408. The molecule has 0 fully saturated rings. The number of ether oxygens (including phenoxy) is 1. The number of aromatic hydroxyl groups is 1. The fourth-order valence-electron chi connectivity index (χ4n) is 1.37. The maximum absolute atomic E-state index is 13.0. The number of halogens is 1. The highest BCUT2D eigenvalue weighted by molar-refractivity contribution is 5.77. The Morgan fingerprint density at radius 2 is 2.25 bits per heavy atom. The van der Waals surface area contributed by atoms with Gasteiger partial charge in [0, 0.05) is 18.2 Å². The van der Waals surface area contributed by atoms with Gasteiger partial charge in [0.25, 0.3) is 0 Å². The van der Waals surface area contributed by atoms with Crippen molar-refractivity contribution in [3.05, 3.63) is 23.5 Å². The van der Waals surface area contributed by atoms with Crippen molar-refractivity contribution in [1.29, 1.82) is 0 Å². The number of carbonyl (C=O) groups is 1. The van der Waals surface area contributed by atoms with Gasteiger partial charge in [-0.15, -0.1) is 0 Å². The zero-order chi connectivity index (χ0) is 12.3. The highest BCUT2D eigenvalue weighted by Crippen LogP contribution is 2.32. The first kappa shape index (κ1) is 12.3. The van der Waals surface area contributed by atoms with E-state index in [0.717, 1.165) is 12.1 Å². The van der Waals surface area contributed by atoms with Gasteiger partial charge in [0.2, 0.25) is 0 Å². The third-order valence-corrected chi connectivity index (χ3v) is 2.21. The van der Waals surface area contributed by atoms with Crippen LogP contribution in [0.25, 0.3) is 0 Å². The van der Waals surface area contributed by atoms with Gasteiger partial charge in [-0.1, -0.05) is 0 Å². The molecule has 0 aliphatic carbocycles. The lowest BCUT2D eigenvalue weighted by Crippen LogP contribution is -2.21. The van der Waals surface area contributed by atoms with Gasteiger partial charge in [0.05, 0.1) is 13.0 Å². The van der Waals surface area contributed by atoms with Crippen LogP contribution < -0.4 is 10.5 Å². The SMILES string of the molecule is COc1cc(F)c(O)cc1C(CN)C(=O)O. The van der Waals surface area contributed by atoms with E-state index in [9.17, 15) is 14.3 Å². The van der Waals surface area contributed by atoms with Crippen LogP contribution in [0, 0.1) is 5.82 Å². The van der Waals surface area contributed by atoms with Crippen LogP contribution in [0.1, 0.15) is 11.5 Å². The molecule has 0 spiro atoms. The van der Waals surface area contributed by atoms with Crippen LogP contribution >= 0.6 is 0 Å². The minimum Gasteiger partial charge on any atom is -0.505 e. The van der Waals surface area contributed by atoms with Gasteiger partial charge in [0.15, 0.2) is 11.6 Å². The molecule has 16 heavy (non-hydrogen) atoms. The zero-order valence-electron chi connectivity index (χ0n) is 8.61. The van der Waals surface area contributed by atoms with E-state index in [4.69, 9.17) is 15.6 Å². The van der Waals surface area contributed by atoms with E-state index < -0.39 is 23.5 Å². The molecule has 6 heteroatoms. The van der Waals surface area contributed by atoms with Crippen LogP contribution in [0.4, 0.5) is 4.39 Å². The molecular formula is C10H12FNO4. The third kappa shape index (κ3) is 2.22. The topological polar surface area (TPSA) is 92.8 Å². The van der Waals surface area contributed by atoms with Crippen LogP contribution in [0.5, 0.6) is 11.5 Å². The van der Waals surface area contributed by atoms with Gasteiger partial charge >= 0.3 is 5.97 Å². The van der Waals surface area contributed by atoms with E-state index in [1.54, 1.807) is 0 Å². The Hall–Kier alpha value is -1.82. The zero-order valence-corrected chi connectivity index (χ0v) is 8.61. The molecule has 0 radical (unpaired) electrons. The number of carboxylic acids is 1. The highest BCUT2D eigenvalue weighted by atomic mass is 19.1. The monoisotopic (exact) mass is 229 g/mol. The molecule has 1 atom stereocenters. The lowest BCUT2D eigenvalue weighted by Gasteiger charge is -2.14. The fourth-order valence-corrected chi connectivity index (χ4v) is 1.37. The lowest BCUT2D eigenvalue weighted by atomic mass is 9.98. The number of hydrogen-bond donors (Lipinski definition) is 3. The van der Waals surface area contributed by atoms with Crippen LogP contribution in [0.2, 0.25) is 0 Å². The molecule has 1 aromatic rings. The van der Waals surface area contributed by atoms with Crippen LogP contribution in [-0.4, -0.2) is 29.8 Å². The number of hydrogen-bond acceptors (Lipinski definition) is 4. The molecule has 0 aromatic heterocycles. The Kier molecular flexibility index (Phi) is 3.68. The van der Waals surface area contributed by atoms with Crippen molar-refractivity contribution in [2.45, 2.75) is 5.92 Å². The maximum atomic E-state index is 13.0. The summed E-state index contributed by atoms with van der Waals surface area (Å²) in [7, 11) is 1.28. The number of aliphatic carboxylic acids is 1.